The zero-order valence-electron chi connectivity index (χ0n) is 18.6. The average molecular weight is 500 g/mol. The van der Waals surface area contributed by atoms with Crippen LogP contribution in [0.25, 0.3) is 28.0 Å². The number of hydrazone groups is 1. The fourth-order valence-corrected chi connectivity index (χ4v) is 4.12. The van der Waals surface area contributed by atoms with E-state index in [0.29, 0.717) is 38.0 Å². The molecule has 6 nitrogen and oxygen atoms in total. The lowest BCUT2D eigenvalue weighted by molar-refractivity contribution is 0.0956. The first-order chi connectivity index (χ1) is 17.0. The lowest BCUT2D eigenvalue weighted by Gasteiger charge is -2.09. The topological polar surface area (TPSA) is 72.2 Å². The van der Waals surface area contributed by atoms with Gasteiger partial charge in [0.15, 0.2) is 5.65 Å². The Labute approximate surface area is 211 Å². The highest BCUT2D eigenvalue weighted by Gasteiger charge is 2.21. The minimum Gasteiger partial charge on any atom is -0.267 e. The van der Waals surface area contributed by atoms with Crippen molar-refractivity contribution in [3.63, 3.8) is 0 Å². The van der Waals surface area contributed by atoms with Crippen LogP contribution in [0.15, 0.2) is 90.0 Å². The number of hydrogen-bond donors (Lipinski definition) is 1. The number of halogens is 2. The van der Waals surface area contributed by atoms with Gasteiger partial charge in [-0.3, -0.25) is 4.79 Å². The second-order valence-electron chi connectivity index (χ2n) is 7.85. The third-order valence-corrected chi connectivity index (χ3v) is 5.91. The Morgan fingerprint density at radius 1 is 0.943 bits per heavy atom. The molecule has 0 saturated heterocycles. The van der Waals surface area contributed by atoms with E-state index in [0.717, 1.165) is 16.8 Å². The van der Waals surface area contributed by atoms with Crippen molar-refractivity contribution in [1.82, 2.24) is 20.2 Å². The first kappa shape index (κ1) is 22.8. The monoisotopic (exact) mass is 499 g/mol. The van der Waals surface area contributed by atoms with Gasteiger partial charge in [0.2, 0.25) is 0 Å². The van der Waals surface area contributed by atoms with Crippen LogP contribution in [-0.2, 0) is 0 Å². The second-order valence-corrected chi connectivity index (χ2v) is 8.72. The molecule has 8 heteroatoms. The summed E-state index contributed by atoms with van der Waals surface area (Å²) >= 11 is 12.1. The van der Waals surface area contributed by atoms with Crippen LogP contribution in [-0.4, -0.2) is 26.9 Å². The summed E-state index contributed by atoms with van der Waals surface area (Å²) in [4.78, 5) is 18.2. The van der Waals surface area contributed by atoms with Crippen LogP contribution < -0.4 is 5.43 Å². The minimum atomic E-state index is -0.374. The van der Waals surface area contributed by atoms with Crippen LogP contribution in [0.2, 0.25) is 10.0 Å². The maximum absolute atomic E-state index is 13.3. The SMILES string of the molecule is Cc1nn(-c2ccccc2)c2nc(-c3ccc(Cl)cc3)cc(C(=O)NN=Cc3cccc(Cl)c3)c12. The molecule has 5 aromatic rings. The Morgan fingerprint density at radius 2 is 1.71 bits per heavy atom. The zero-order chi connectivity index (χ0) is 24.4. The van der Waals surface area contributed by atoms with Crippen LogP contribution in [0.1, 0.15) is 21.6 Å². The van der Waals surface area contributed by atoms with Crippen molar-refractivity contribution in [2.24, 2.45) is 5.10 Å². The number of aryl methyl sites for hydroxylation is 1. The summed E-state index contributed by atoms with van der Waals surface area (Å²) in [5, 5.41) is 10.7. The van der Waals surface area contributed by atoms with Crippen LogP contribution in [0.3, 0.4) is 0 Å². The van der Waals surface area contributed by atoms with Crippen molar-refractivity contribution in [1.29, 1.82) is 0 Å². The van der Waals surface area contributed by atoms with Crippen LogP contribution >= 0.6 is 23.2 Å². The number of carbonyl (C=O) groups excluding carboxylic acids is 1. The number of nitrogens with one attached hydrogen (secondary N) is 1. The Hall–Kier alpha value is -4.00. The molecule has 0 bridgehead atoms. The van der Waals surface area contributed by atoms with Crippen molar-refractivity contribution < 1.29 is 4.79 Å². The summed E-state index contributed by atoms with van der Waals surface area (Å²) in [6, 6.07) is 25.9. The number of benzene rings is 3. The van der Waals surface area contributed by atoms with Gasteiger partial charge in [0, 0.05) is 15.6 Å². The molecule has 0 aliphatic rings. The van der Waals surface area contributed by atoms with Gasteiger partial charge in [-0.15, -0.1) is 0 Å². The van der Waals surface area contributed by atoms with E-state index in [2.05, 4.69) is 15.6 Å². The van der Waals surface area contributed by atoms with Crippen molar-refractivity contribution in [3.05, 3.63) is 112 Å². The predicted octanol–water partition coefficient (Wildman–Crippen LogP) is 6.47. The Balaban J connectivity index is 1.61. The molecule has 5 rings (SSSR count). The van der Waals surface area contributed by atoms with Crippen molar-refractivity contribution in [2.45, 2.75) is 6.92 Å². The molecule has 3 aromatic carbocycles. The summed E-state index contributed by atoms with van der Waals surface area (Å²) in [7, 11) is 0. The summed E-state index contributed by atoms with van der Waals surface area (Å²) in [6.45, 7) is 1.86. The molecule has 0 spiro atoms. The van der Waals surface area contributed by atoms with Gasteiger partial charge in [-0.2, -0.15) is 10.2 Å². The molecule has 35 heavy (non-hydrogen) atoms. The lowest BCUT2D eigenvalue weighted by Crippen LogP contribution is -2.18. The smallest absolute Gasteiger partial charge is 0.267 e. The summed E-state index contributed by atoms with van der Waals surface area (Å²) < 4.78 is 1.75. The van der Waals surface area contributed by atoms with E-state index in [4.69, 9.17) is 28.2 Å². The first-order valence-electron chi connectivity index (χ1n) is 10.8. The molecule has 1 amide bonds. The fraction of sp³-hybridized carbons (Fsp3) is 0.0370. The summed E-state index contributed by atoms with van der Waals surface area (Å²) in [6.07, 6.45) is 1.54. The van der Waals surface area contributed by atoms with E-state index >= 15 is 0 Å². The van der Waals surface area contributed by atoms with Crippen LogP contribution in [0, 0.1) is 6.92 Å². The fourth-order valence-electron chi connectivity index (χ4n) is 3.80. The largest absolute Gasteiger partial charge is 0.272 e. The normalized spacial score (nSPS) is 11.3. The number of aromatic nitrogens is 3. The van der Waals surface area contributed by atoms with E-state index < -0.39 is 0 Å². The van der Waals surface area contributed by atoms with Crippen molar-refractivity contribution in [3.8, 4) is 16.9 Å². The third kappa shape index (κ3) is 4.80. The number of nitrogens with zero attached hydrogens (tertiary/aromatic N) is 4. The zero-order valence-corrected chi connectivity index (χ0v) is 20.1. The van der Waals surface area contributed by atoms with E-state index in [1.54, 1.807) is 41.2 Å². The molecule has 0 fully saturated rings. The average Bonchev–Trinajstić information content (AvgIpc) is 3.21. The molecule has 0 atom stereocenters. The Bertz CT molecular complexity index is 1560. The molecule has 2 aromatic heterocycles. The van der Waals surface area contributed by atoms with Crippen LogP contribution in [0.4, 0.5) is 0 Å². The molecule has 2 heterocycles. The Kier molecular flexibility index (Phi) is 6.31. The van der Waals surface area contributed by atoms with Gasteiger partial charge in [0.1, 0.15) is 0 Å². The number of hydrogen-bond acceptors (Lipinski definition) is 4. The molecule has 172 valence electrons. The molecule has 0 aliphatic heterocycles. The number of rotatable bonds is 5. The maximum atomic E-state index is 13.3. The summed E-state index contributed by atoms with van der Waals surface area (Å²) in [5.74, 6) is -0.374. The van der Waals surface area contributed by atoms with Gasteiger partial charge in [-0.25, -0.2) is 15.1 Å². The number of carbonyl (C=O) groups is 1. The Morgan fingerprint density at radius 3 is 2.46 bits per heavy atom. The molecule has 0 saturated carbocycles. The summed E-state index contributed by atoms with van der Waals surface area (Å²) in [5.41, 5.74) is 7.36. The predicted molar refractivity (Wildman–Crippen MR) is 141 cm³/mol. The van der Waals surface area contributed by atoms with Crippen LogP contribution in [0.5, 0.6) is 0 Å². The van der Waals surface area contributed by atoms with Gasteiger partial charge in [-0.05, 0) is 55.0 Å². The molecule has 1 N–H and O–H groups in total. The molecular formula is C27H19Cl2N5O. The molecular weight excluding hydrogens is 481 g/mol. The van der Waals surface area contributed by atoms with Gasteiger partial charge < -0.3 is 0 Å². The third-order valence-electron chi connectivity index (χ3n) is 5.43. The number of pyridine rings is 1. The number of para-hydroxylation sites is 1. The quantitative estimate of drug-likeness (QED) is 0.222. The number of amides is 1. The van der Waals surface area contributed by atoms with E-state index in [1.165, 1.54) is 0 Å². The highest BCUT2D eigenvalue weighted by molar-refractivity contribution is 6.31. The van der Waals surface area contributed by atoms with Gasteiger partial charge in [-0.1, -0.05) is 65.7 Å². The van der Waals surface area contributed by atoms with Crippen molar-refractivity contribution >= 4 is 46.4 Å². The van der Waals surface area contributed by atoms with Gasteiger partial charge in [0.05, 0.1) is 34.2 Å². The van der Waals surface area contributed by atoms with Gasteiger partial charge in [0.25, 0.3) is 5.91 Å². The highest BCUT2D eigenvalue weighted by Crippen LogP contribution is 2.29. The maximum Gasteiger partial charge on any atom is 0.272 e. The van der Waals surface area contributed by atoms with Crippen molar-refractivity contribution in [2.75, 3.05) is 0 Å². The highest BCUT2D eigenvalue weighted by atomic mass is 35.5. The second kappa shape index (κ2) is 9.70. The van der Waals surface area contributed by atoms with Gasteiger partial charge >= 0.3 is 0 Å². The lowest BCUT2D eigenvalue weighted by atomic mass is 10.1. The minimum absolute atomic E-state index is 0.374. The molecule has 0 unspecified atom stereocenters. The molecule has 0 aliphatic carbocycles. The first-order valence-corrected chi connectivity index (χ1v) is 11.6. The standard InChI is InChI=1S/C27H19Cl2N5O/c1-17-25-23(27(35)32-30-16-18-6-5-7-21(29)14-18)15-24(19-10-12-20(28)13-11-19)31-26(25)34(33-17)22-8-3-2-4-9-22/h2-16H,1H3,(H,32,35). The van der Waals surface area contributed by atoms with E-state index in [9.17, 15) is 4.79 Å². The van der Waals surface area contributed by atoms with E-state index in [-0.39, 0.29) is 5.91 Å². The van der Waals surface area contributed by atoms with E-state index in [1.807, 2.05) is 61.5 Å². The number of fused-ring (bicyclic) bond motifs is 1. The molecule has 0 radical (unpaired) electrons.